The van der Waals surface area contributed by atoms with Crippen LogP contribution in [-0.4, -0.2) is 49.0 Å². The highest BCUT2D eigenvalue weighted by Gasteiger charge is 2.39. The van der Waals surface area contributed by atoms with E-state index >= 15 is 0 Å². The monoisotopic (exact) mass is 363 g/mol. The summed E-state index contributed by atoms with van der Waals surface area (Å²) in [6.45, 7) is 6.53. The van der Waals surface area contributed by atoms with Crippen molar-refractivity contribution in [2.75, 3.05) is 20.3 Å². The summed E-state index contributed by atoms with van der Waals surface area (Å²) in [5, 5.41) is 0. The first-order valence-electron chi connectivity index (χ1n) is 8.88. The van der Waals surface area contributed by atoms with Crippen molar-refractivity contribution in [3.8, 4) is 5.75 Å². The Kier molecular flexibility index (Phi) is 5.23. The minimum Gasteiger partial charge on any atom is -0.494 e. The number of amides is 1. The average molecular weight is 363 g/mol. The zero-order valence-corrected chi connectivity index (χ0v) is 15.8. The van der Waals surface area contributed by atoms with Gasteiger partial charge in [-0.05, 0) is 51.3 Å². The van der Waals surface area contributed by atoms with E-state index in [9.17, 15) is 9.18 Å². The van der Waals surface area contributed by atoms with Gasteiger partial charge >= 0.3 is 6.09 Å². The molecule has 1 aromatic carbocycles. The fourth-order valence-electron chi connectivity index (χ4n) is 3.50. The second-order valence-corrected chi connectivity index (χ2v) is 7.82. The van der Waals surface area contributed by atoms with Crippen LogP contribution in [0.2, 0.25) is 0 Å². The molecule has 0 N–H and O–H groups in total. The maximum Gasteiger partial charge on any atom is 0.411 e. The lowest BCUT2D eigenvalue weighted by Gasteiger charge is -2.44. The highest BCUT2D eigenvalue weighted by molar-refractivity contribution is 5.70. The number of benzene rings is 1. The highest BCUT2D eigenvalue weighted by Crippen LogP contribution is 2.31. The van der Waals surface area contributed by atoms with Crippen molar-refractivity contribution in [3.63, 3.8) is 0 Å². The smallest absolute Gasteiger partial charge is 0.411 e. The molecule has 6 heteroatoms. The van der Waals surface area contributed by atoms with Gasteiger partial charge < -0.3 is 14.2 Å². The van der Waals surface area contributed by atoms with Crippen molar-refractivity contribution < 1.29 is 23.4 Å². The first kappa shape index (κ1) is 18.7. The number of carbonyl (C=O) groups is 1. The number of fused-ring (bicyclic) bond motifs is 2. The predicted octanol–water partition coefficient (Wildman–Crippen LogP) is 3.71. The zero-order valence-electron chi connectivity index (χ0n) is 15.8. The van der Waals surface area contributed by atoms with E-state index in [1.807, 2.05) is 26.8 Å². The molecule has 1 fully saturated rings. The lowest BCUT2D eigenvalue weighted by molar-refractivity contribution is -0.0536. The molecule has 0 aliphatic carbocycles. The summed E-state index contributed by atoms with van der Waals surface area (Å²) in [6, 6.07) is 4.83. The van der Waals surface area contributed by atoms with Gasteiger partial charge in [-0.15, -0.1) is 0 Å². The number of carbonyl (C=O) groups excluding carboxylic acids is 1. The molecule has 26 heavy (non-hydrogen) atoms. The molecule has 0 saturated carbocycles. The van der Waals surface area contributed by atoms with Crippen LogP contribution in [-0.2, 0) is 15.9 Å². The molecular weight excluding hydrogens is 337 g/mol. The molecule has 2 aliphatic rings. The molecule has 0 aromatic heterocycles. The number of methoxy groups -OCH3 is 1. The van der Waals surface area contributed by atoms with E-state index < -0.39 is 5.60 Å². The summed E-state index contributed by atoms with van der Waals surface area (Å²) < 4.78 is 30.1. The van der Waals surface area contributed by atoms with E-state index in [2.05, 4.69) is 6.08 Å². The van der Waals surface area contributed by atoms with E-state index in [1.165, 1.54) is 18.7 Å². The second-order valence-electron chi connectivity index (χ2n) is 7.82. The third-order valence-corrected chi connectivity index (χ3v) is 4.53. The predicted molar refractivity (Wildman–Crippen MR) is 95.8 cm³/mol. The fourth-order valence-corrected chi connectivity index (χ4v) is 3.50. The first-order valence-corrected chi connectivity index (χ1v) is 8.88. The van der Waals surface area contributed by atoms with Crippen molar-refractivity contribution in [3.05, 3.63) is 41.2 Å². The number of hydrogen-bond donors (Lipinski definition) is 0. The average Bonchev–Trinajstić information content (AvgIpc) is 2.52. The second kappa shape index (κ2) is 7.27. The Morgan fingerprint density at radius 1 is 1.35 bits per heavy atom. The minimum absolute atomic E-state index is 0.0494. The topological polar surface area (TPSA) is 48.0 Å². The van der Waals surface area contributed by atoms with Crippen molar-refractivity contribution in [1.29, 1.82) is 0 Å². The van der Waals surface area contributed by atoms with E-state index in [-0.39, 0.29) is 29.7 Å². The van der Waals surface area contributed by atoms with Gasteiger partial charge in [0.1, 0.15) is 5.60 Å². The Balaban J connectivity index is 1.75. The van der Waals surface area contributed by atoms with Gasteiger partial charge in [0.05, 0.1) is 32.4 Å². The molecule has 142 valence electrons. The molecule has 1 aromatic rings. The normalized spacial score (nSPS) is 22.7. The summed E-state index contributed by atoms with van der Waals surface area (Å²) in [6.07, 6.45) is 3.10. The molecule has 0 spiro atoms. The van der Waals surface area contributed by atoms with Crippen molar-refractivity contribution in [2.45, 2.75) is 51.3 Å². The molecule has 5 nitrogen and oxygen atoms in total. The number of halogens is 1. The molecule has 1 saturated heterocycles. The number of hydrogen-bond acceptors (Lipinski definition) is 4. The molecule has 3 rings (SSSR count). The number of ether oxygens (including phenoxy) is 3. The largest absolute Gasteiger partial charge is 0.494 e. The summed E-state index contributed by atoms with van der Waals surface area (Å²) >= 11 is 0. The maximum absolute atomic E-state index is 13.9. The quantitative estimate of drug-likeness (QED) is 0.768. The van der Waals surface area contributed by atoms with Crippen LogP contribution in [0.5, 0.6) is 5.75 Å². The SMILES string of the molecule is COc1ccc(CC2=CC3COCC(C2)N3C(=O)OC(C)(C)C)cc1F. The minimum atomic E-state index is -0.531. The van der Waals surface area contributed by atoms with Crippen molar-refractivity contribution in [2.24, 2.45) is 0 Å². The molecule has 1 amide bonds. The van der Waals surface area contributed by atoms with Crippen molar-refractivity contribution in [1.82, 2.24) is 4.90 Å². The summed E-state index contributed by atoms with van der Waals surface area (Å²) in [5.74, 6) is -0.118. The Morgan fingerprint density at radius 2 is 2.12 bits per heavy atom. The van der Waals surface area contributed by atoms with E-state index in [0.717, 1.165) is 5.56 Å². The van der Waals surface area contributed by atoms with Gasteiger partial charge in [0.2, 0.25) is 0 Å². The van der Waals surface area contributed by atoms with E-state index in [1.54, 1.807) is 11.0 Å². The Bertz CT molecular complexity index is 710. The maximum atomic E-state index is 13.9. The summed E-state index contributed by atoms with van der Waals surface area (Å²) in [4.78, 5) is 14.3. The zero-order chi connectivity index (χ0) is 18.9. The lowest BCUT2D eigenvalue weighted by atomic mass is 9.90. The van der Waals surface area contributed by atoms with E-state index in [4.69, 9.17) is 14.2 Å². The van der Waals surface area contributed by atoms with Crippen LogP contribution in [0.1, 0.15) is 32.8 Å². The van der Waals surface area contributed by atoms with Gasteiger partial charge in [-0.25, -0.2) is 9.18 Å². The van der Waals surface area contributed by atoms with Crippen LogP contribution >= 0.6 is 0 Å². The van der Waals surface area contributed by atoms with Gasteiger partial charge in [0.25, 0.3) is 0 Å². The molecule has 2 aliphatic heterocycles. The van der Waals surface area contributed by atoms with Crippen LogP contribution in [0.15, 0.2) is 29.8 Å². The van der Waals surface area contributed by atoms with Gasteiger partial charge in [0.15, 0.2) is 11.6 Å². The van der Waals surface area contributed by atoms with Crippen LogP contribution < -0.4 is 4.74 Å². The number of rotatable bonds is 3. The first-order chi connectivity index (χ1) is 12.3. The Labute approximate surface area is 153 Å². The molecule has 0 radical (unpaired) electrons. The van der Waals surface area contributed by atoms with Crippen LogP contribution in [0.4, 0.5) is 9.18 Å². The number of morpholine rings is 1. The van der Waals surface area contributed by atoms with Gasteiger partial charge in [-0.2, -0.15) is 0 Å². The summed E-state index contributed by atoms with van der Waals surface area (Å²) in [5.41, 5.74) is 1.54. The van der Waals surface area contributed by atoms with Crippen LogP contribution in [0, 0.1) is 5.82 Å². The third kappa shape index (κ3) is 4.18. The third-order valence-electron chi connectivity index (χ3n) is 4.53. The molecule has 2 atom stereocenters. The Hall–Kier alpha value is -2.08. The highest BCUT2D eigenvalue weighted by atomic mass is 19.1. The molecular formula is C20H26FNO4. The lowest BCUT2D eigenvalue weighted by Crippen LogP contribution is -2.57. The van der Waals surface area contributed by atoms with Gasteiger partial charge in [-0.3, -0.25) is 4.90 Å². The molecule has 2 bridgehead atoms. The molecule has 2 unspecified atom stereocenters. The van der Waals surface area contributed by atoms with E-state index in [0.29, 0.717) is 26.1 Å². The molecule has 2 heterocycles. The standard InChI is InChI=1S/C20H26FNO4/c1-20(2,3)26-19(23)22-15-8-14(9-16(22)12-25-11-15)7-13-5-6-18(24-4)17(21)10-13/h5-6,8,10,15-16H,7,9,11-12H2,1-4H3. The van der Waals surface area contributed by atoms with Crippen molar-refractivity contribution >= 4 is 6.09 Å². The van der Waals surface area contributed by atoms with Crippen LogP contribution in [0.3, 0.4) is 0 Å². The van der Waals surface area contributed by atoms with Crippen LogP contribution in [0.25, 0.3) is 0 Å². The van der Waals surface area contributed by atoms with Gasteiger partial charge in [0, 0.05) is 0 Å². The number of nitrogens with zero attached hydrogens (tertiary/aromatic N) is 1. The fraction of sp³-hybridized carbons (Fsp3) is 0.550. The Morgan fingerprint density at radius 3 is 2.73 bits per heavy atom. The summed E-state index contributed by atoms with van der Waals surface area (Å²) in [7, 11) is 1.45. The van der Waals surface area contributed by atoms with Gasteiger partial charge in [-0.1, -0.05) is 17.7 Å².